The van der Waals surface area contributed by atoms with Crippen molar-refractivity contribution in [1.82, 2.24) is 5.32 Å². The van der Waals surface area contributed by atoms with E-state index in [4.69, 9.17) is 4.74 Å². The number of piperidine rings is 1. The molecule has 0 aromatic heterocycles. The maximum Gasteiger partial charge on any atom is 0.125 e. The molecule has 0 saturated carbocycles. The van der Waals surface area contributed by atoms with Crippen LogP contribution in [-0.4, -0.2) is 20.2 Å². The molecule has 1 saturated heterocycles. The van der Waals surface area contributed by atoms with Crippen LogP contribution >= 0.6 is 0 Å². The summed E-state index contributed by atoms with van der Waals surface area (Å²) >= 11 is 0. The van der Waals surface area contributed by atoms with E-state index in [2.05, 4.69) is 38.2 Å². The lowest BCUT2D eigenvalue weighted by Gasteiger charge is -2.26. The van der Waals surface area contributed by atoms with Gasteiger partial charge in [0.05, 0.1) is 7.11 Å². The number of benzene rings is 1. The molecule has 1 aromatic carbocycles. The van der Waals surface area contributed by atoms with Crippen molar-refractivity contribution in [2.24, 2.45) is 5.92 Å². The molecule has 20 heavy (non-hydrogen) atoms. The van der Waals surface area contributed by atoms with Crippen LogP contribution < -0.4 is 10.1 Å². The summed E-state index contributed by atoms with van der Waals surface area (Å²) in [5, 5.41) is 3.53. The summed E-state index contributed by atoms with van der Waals surface area (Å²) in [4.78, 5) is 0. The molecule has 0 amide bonds. The Morgan fingerprint density at radius 3 is 2.70 bits per heavy atom. The molecule has 0 aliphatic carbocycles. The van der Waals surface area contributed by atoms with Crippen LogP contribution in [-0.2, 0) is 12.8 Å². The highest BCUT2D eigenvalue weighted by molar-refractivity contribution is 5.48. The Hall–Kier alpha value is -1.02. The molecule has 0 radical (unpaired) electrons. The van der Waals surface area contributed by atoms with Crippen LogP contribution in [0, 0.1) is 5.92 Å². The fraction of sp³-hybridized carbons (Fsp3) is 0.667. The first-order valence-corrected chi connectivity index (χ1v) is 8.06. The molecule has 2 nitrogen and oxygen atoms in total. The van der Waals surface area contributed by atoms with Crippen molar-refractivity contribution in [3.05, 3.63) is 28.8 Å². The Kier molecular flexibility index (Phi) is 5.47. The summed E-state index contributed by atoms with van der Waals surface area (Å²) < 4.78 is 5.78. The lowest BCUT2D eigenvalue weighted by Crippen LogP contribution is -2.31. The van der Waals surface area contributed by atoms with E-state index in [1.807, 2.05) is 7.11 Å². The van der Waals surface area contributed by atoms with Gasteiger partial charge in [-0.05, 0) is 67.3 Å². The van der Waals surface area contributed by atoms with E-state index < -0.39 is 0 Å². The minimum atomic E-state index is 0.557. The van der Waals surface area contributed by atoms with Gasteiger partial charge in [-0.15, -0.1) is 0 Å². The van der Waals surface area contributed by atoms with Crippen LogP contribution in [0.15, 0.2) is 12.1 Å². The quantitative estimate of drug-likeness (QED) is 0.879. The summed E-state index contributed by atoms with van der Waals surface area (Å²) in [6.45, 7) is 9.10. The van der Waals surface area contributed by atoms with E-state index in [0.29, 0.717) is 5.92 Å². The first kappa shape index (κ1) is 15.4. The molecular weight excluding hydrogens is 246 g/mol. The summed E-state index contributed by atoms with van der Waals surface area (Å²) in [5.41, 5.74) is 4.26. The van der Waals surface area contributed by atoms with E-state index in [1.165, 1.54) is 36.1 Å². The second-order valence-corrected chi connectivity index (χ2v) is 6.25. The van der Waals surface area contributed by atoms with E-state index in [1.54, 1.807) is 0 Å². The fourth-order valence-electron chi connectivity index (χ4n) is 3.36. The molecule has 1 aliphatic rings. The van der Waals surface area contributed by atoms with Gasteiger partial charge < -0.3 is 10.1 Å². The average molecular weight is 275 g/mol. The van der Waals surface area contributed by atoms with Gasteiger partial charge in [-0.1, -0.05) is 32.9 Å². The molecule has 112 valence electrons. The molecule has 0 spiro atoms. The largest absolute Gasteiger partial charge is 0.496 e. The molecule has 1 aromatic rings. The summed E-state index contributed by atoms with van der Waals surface area (Å²) in [6, 6.07) is 4.56. The van der Waals surface area contributed by atoms with Crippen LogP contribution in [0.3, 0.4) is 0 Å². The van der Waals surface area contributed by atoms with Crippen molar-refractivity contribution < 1.29 is 4.74 Å². The van der Waals surface area contributed by atoms with E-state index in [-0.39, 0.29) is 0 Å². The number of nitrogens with one attached hydrogen (secondary N) is 1. The highest BCUT2D eigenvalue weighted by atomic mass is 16.5. The first-order chi connectivity index (χ1) is 9.67. The van der Waals surface area contributed by atoms with Crippen molar-refractivity contribution in [3.8, 4) is 5.75 Å². The predicted octanol–water partition coefficient (Wildman–Crippen LogP) is 3.92. The van der Waals surface area contributed by atoms with Gasteiger partial charge in [0, 0.05) is 0 Å². The van der Waals surface area contributed by atoms with Crippen molar-refractivity contribution >= 4 is 0 Å². The monoisotopic (exact) mass is 275 g/mol. The zero-order valence-corrected chi connectivity index (χ0v) is 13.5. The van der Waals surface area contributed by atoms with Gasteiger partial charge in [0.1, 0.15) is 5.75 Å². The Bertz CT molecular complexity index is 433. The lowest BCUT2D eigenvalue weighted by molar-refractivity contribution is 0.361. The van der Waals surface area contributed by atoms with Gasteiger partial charge in [-0.25, -0.2) is 0 Å². The van der Waals surface area contributed by atoms with Crippen LogP contribution in [0.1, 0.15) is 56.2 Å². The SMILES string of the molecule is CCc1ccc(C(C)C)c(CC2CCCNC2)c1OC. The third kappa shape index (κ3) is 3.35. The maximum atomic E-state index is 5.78. The van der Waals surface area contributed by atoms with Crippen LogP contribution in [0.5, 0.6) is 5.75 Å². The number of aryl methyl sites for hydroxylation is 1. The second-order valence-electron chi connectivity index (χ2n) is 6.25. The molecule has 1 unspecified atom stereocenters. The highest BCUT2D eigenvalue weighted by Crippen LogP contribution is 2.34. The van der Waals surface area contributed by atoms with Crippen molar-refractivity contribution in [2.45, 2.75) is 52.4 Å². The molecule has 2 rings (SSSR count). The molecule has 1 aliphatic heterocycles. The minimum Gasteiger partial charge on any atom is -0.496 e. The van der Waals surface area contributed by atoms with Crippen molar-refractivity contribution in [1.29, 1.82) is 0 Å². The third-order valence-corrected chi connectivity index (χ3v) is 4.48. The number of hydrogen-bond donors (Lipinski definition) is 1. The second kappa shape index (κ2) is 7.12. The minimum absolute atomic E-state index is 0.557. The lowest BCUT2D eigenvalue weighted by atomic mass is 9.85. The zero-order chi connectivity index (χ0) is 14.5. The third-order valence-electron chi connectivity index (χ3n) is 4.48. The van der Waals surface area contributed by atoms with Gasteiger partial charge >= 0.3 is 0 Å². The van der Waals surface area contributed by atoms with Crippen LogP contribution in [0.25, 0.3) is 0 Å². The molecule has 1 atom stereocenters. The first-order valence-electron chi connectivity index (χ1n) is 8.06. The van der Waals surface area contributed by atoms with Crippen molar-refractivity contribution in [3.63, 3.8) is 0 Å². The summed E-state index contributed by atoms with van der Waals surface area (Å²) in [6.07, 6.45) is 4.83. The summed E-state index contributed by atoms with van der Waals surface area (Å²) in [5.74, 6) is 2.45. The Morgan fingerprint density at radius 1 is 1.35 bits per heavy atom. The Morgan fingerprint density at radius 2 is 2.15 bits per heavy atom. The number of rotatable bonds is 5. The molecule has 1 fully saturated rings. The topological polar surface area (TPSA) is 21.3 Å². The average Bonchev–Trinajstić information content (AvgIpc) is 2.47. The predicted molar refractivity (Wildman–Crippen MR) is 85.8 cm³/mol. The molecule has 2 heteroatoms. The van der Waals surface area contributed by atoms with E-state index in [9.17, 15) is 0 Å². The van der Waals surface area contributed by atoms with Gasteiger partial charge in [-0.2, -0.15) is 0 Å². The van der Waals surface area contributed by atoms with Crippen LogP contribution in [0.2, 0.25) is 0 Å². The van der Waals surface area contributed by atoms with Gasteiger partial charge in [0.15, 0.2) is 0 Å². The molecule has 1 heterocycles. The molecule has 1 N–H and O–H groups in total. The molecule has 0 bridgehead atoms. The number of methoxy groups -OCH3 is 1. The van der Waals surface area contributed by atoms with Gasteiger partial charge in [0.25, 0.3) is 0 Å². The number of ether oxygens (including phenoxy) is 1. The maximum absolute atomic E-state index is 5.78. The highest BCUT2D eigenvalue weighted by Gasteiger charge is 2.20. The van der Waals surface area contributed by atoms with Crippen LogP contribution in [0.4, 0.5) is 0 Å². The smallest absolute Gasteiger partial charge is 0.125 e. The van der Waals surface area contributed by atoms with E-state index in [0.717, 1.165) is 31.1 Å². The van der Waals surface area contributed by atoms with E-state index >= 15 is 0 Å². The normalized spacial score (nSPS) is 19.4. The molecular formula is C18H29NO. The Labute approximate surface area is 123 Å². The zero-order valence-electron chi connectivity index (χ0n) is 13.5. The standard InChI is InChI=1S/C18H29NO/c1-5-15-8-9-16(13(2)3)17(18(15)20-4)11-14-7-6-10-19-12-14/h8-9,13-14,19H,5-7,10-12H2,1-4H3. The fourth-order valence-corrected chi connectivity index (χ4v) is 3.36. The number of hydrogen-bond acceptors (Lipinski definition) is 2. The summed E-state index contributed by atoms with van der Waals surface area (Å²) in [7, 11) is 1.82. The Balaban J connectivity index is 2.34. The van der Waals surface area contributed by atoms with Gasteiger partial charge in [-0.3, -0.25) is 0 Å². The van der Waals surface area contributed by atoms with Crippen molar-refractivity contribution in [2.75, 3.05) is 20.2 Å². The van der Waals surface area contributed by atoms with Gasteiger partial charge in [0.2, 0.25) is 0 Å².